The van der Waals surface area contributed by atoms with E-state index in [1.165, 1.54) is 31.5 Å². The van der Waals surface area contributed by atoms with Crippen molar-refractivity contribution in [3.8, 4) is 6.01 Å². The third-order valence-corrected chi connectivity index (χ3v) is 6.48. The van der Waals surface area contributed by atoms with E-state index in [2.05, 4.69) is 44.5 Å². The zero-order valence-corrected chi connectivity index (χ0v) is 19.0. The first-order valence-corrected chi connectivity index (χ1v) is 11.8. The molecule has 1 atom stereocenters. The Bertz CT molecular complexity index is 977. The largest absolute Gasteiger partial charge is 0.463 e. The zero-order chi connectivity index (χ0) is 22.6. The van der Waals surface area contributed by atoms with E-state index in [1.807, 2.05) is 4.90 Å². The summed E-state index contributed by atoms with van der Waals surface area (Å²) >= 11 is 0. The Balaban J connectivity index is 1.34. The molecule has 1 amide bonds. The predicted octanol–water partition coefficient (Wildman–Crippen LogP) is 2.14. The van der Waals surface area contributed by atoms with Gasteiger partial charge in [-0.25, -0.2) is 0 Å². The van der Waals surface area contributed by atoms with Crippen LogP contribution in [0.3, 0.4) is 0 Å². The van der Waals surface area contributed by atoms with E-state index in [4.69, 9.17) is 15.2 Å². The summed E-state index contributed by atoms with van der Waals surface area (Å²) in [7, 11) is 0. The molecule has 9 nitrogen and oxygen atoms in total. The van der Waals surface area contributed by atoms with Crippen molar-refractivity contribution in [1.82, 2.24) is 14.9 Å². The van der Waals surface area contributed by atoms with E-state index in [-0.39, 0.29) is 24.3 Å². The standard InChI is InChI=1S/C24H32N6O3/c25-22-21-23(28-24(27-22)33-16-19-7-10-32-15-19)30(14-20(31)26-21)13-18-6-2-1-5-17(11-18)12-29-8-3-4-9-29/h1-2,6,11,19H,3-5,7-10,12-16H2,(H,26,31)(H2,25,27,28). The summed E-state index contributed by atoms with van der Waals surface area (Å²) in [6.45, 7) is 6.04. The minimum Gasteiger partial charge on any atom is -0.463 e. The fourth-order valence-corrected chi connectivity index (χ4v) is 4.76. The third kappa shape index (κ3) is 5.36. The quantitative estimate of drug-likeness (QED) is 0.648. The van der Waals surface area contributed by atoms with Crippen LogP contribution in [0.15, 0.2) is 35.5 Å². The van der Waals surface area contributed by atoms with Crippen LogP contribution in [0.5, 0.6) is 6.01 Å². The summed E-state index contributed by atoms with van der Waals surface area (Å²) in [6, 6.07) is 0.235. The first-order chi connectivity index (χ1) is 16.1. The number of hydrogen-bond acceptors (Lipinski definition) is 8. The molecule has 3 N–H and O–H groups in total. The van der Waals surface area contributed by atoms with Gasteiger partial charge in [-0.3, -0.25) is 9.69 Å². The molecule has 2 fully saturated rings. The van der Waals surface area contributed by atoms with Gasteiger partial charge in [0.25, 0.3) is 0 Å². The summed E-state index contributed by atoms with van der Waals surface area (Å²) in [5.41, 5.74) is 9.17. The van der Waals surface area contributed by atoms with Gasteiger partial charge in [0.05, 0.1) is 19.8 Å². The van der Waals surface area contributed by atoms with E-state index in [1.54, 1.807) is 0 Å². The van der Waals surface area contributed by atoms with Crippen molar-refractivity contribution in [3.05, 3.63) is 35.5 Å². The molecule has 9 heteroatoms. The van der Waals surface area contributed by atoms with Crippen LogP contribution in [0.2, 0.25) is 0 Å². The molecule has 5 rings (SSSR count). The highest BCUT2D eigenvalue weighted by molar-refractivity contribution is 6.03. The first kappa shape index (κ1) is 21.9. The highest BCUT2D eigenvalue weighted by Gasteiger charge is 2.28. The molecule has 0 aromatic carbocycles. The predicted molar refractivity (Wildman–Crippen MR) is 127 cm³/mol. The zero-order valence-electron chi connectivity index (χ0n) is 19.0. The number of nitrogens with two attached hydrogens (primary N) is 1. The van der Waals surface area contributed by atoms with E-state index in [9.17, 15) is 4.79 Å². The lowest BCUT2D eigenvalue weighted by molar-refractivity contribution is -0.115. The van der Waals surface area contributed by atoms with Crippen molar-refractivity contribution in [3.63, 3.8) is 0 Å². The molecule has 1 aliphatic carbocycles. The van der Waals surface area contributed by atoms with E-state index >= 15 is 0 Å². The van der Waals surface area contributed by atoms with Gasteiger partial charge in [0.1, 0.15) is 5.69 Å². The van der Waals surface area contributed by atoms with Crippen LogP contribution in [0, 0.1) is 5.92 Å². The Morgan fingerprint density at radius 2 is 2.12 bits per heavy atom. The molecule has 0 saturated carbocycles. The number of likely N-dealkylation sites (tertiary alicyclic amines) is 1. The van der Waals surface area contributed by atoms with Crippen molar-refractivity contribution in [2.75, 3.05) is 68.5 Å². The van der Waals surface area contributed by atoms with Crippen LogP contribution in [-0.2, 0) is 9.53 Å². The Morgan fingerprint density at radius 3 is 2.94 bits per heavy atom. The monoisotopic (exact) mass is 452 g/mol. The highest BCUT2D eigenvalue weighted by atomic mass is 16.5. The molecule has 2 saturated heterocycles. The van der Waals surface area contributed by atoms with E-state index < -0.39 is 0 Å². The fourth-order valence-electron chi connectivity index (χ4n) is 4.76. The molecule has 1 aromatic rings. The van der Waals surface area contributed by atoms with Crippen molar-refractivity contribution >= 4 is 23.2 Å². The van der Waals surface area contributed by atoms with Crippen molar-refractivity contribution in [2.24, 2.45) is 5.92 Å². The number of nitrogens with one attached hydrogen (secondary N) is 1. The minimum absolute atomic E-state index is 0.124. The fraction of sp³-hybridized carbons (Fsp3) is 0.542. The SMILES string of the molecule is Nc1nc(OCC2CCOC2)nc2c1NC(=O)CN2CC1=CC=CCC(CN2CCCC2)=C1. The molecule has 4 aliphatic rings. The minimum atomic E-state index is -0.124. The molecule has 33 heavy (non-hydrogen) atoms. The maximum Gasteiger partial charge on any atom is 0.320 e. The second-order valence-electron chi connectivity index (χ2n) is 9.19. The molecule has 1 unspecified atom stereocenters. The number of nitrogen functional groups attached to an aromatic ring is 1. The van der Waals surface area contributed by atoms with Crippen molar-refractivity contribution < 1.29 is 14.3 Å². The maximum atomic E-state index is 12.4. The lowest BCUT2D eigenvalue weighted by Crippen LogP contribution is -2.40. The molecular weight excluding hydrogens is 420 g/mol. The average Bonchev–Trinajstić information content (AvgIpc) is 3.46. The van der Waals surface area contributed by atoms with Gasteiger partial charge in [-0.15, -0.1) is 0 Å². The number of hydrogen-bond donors (Lipinski definition) is 2. The number of anilines is 3. The Hall–Kier alpha value is -2.91. The number of rotatable bonds is 7. The number of fused-ring (bicyclic) bond motifs is 1. The summed E-state index contributed by atoms with van der Waals surface area (Å²) < 4.78 is 11.3. The molecule has 176 valence electrons. The van der Waals surface area contributed by atoms with Crippen LogP contribution < -0.4 is 20.7 Å². The van der Waals surface area contributed by atoms with Crippen LogP contribution in [-0.4, -0.2) is 73.3 Å². The first-order valence-electron chi connectivity index (χ1n) is 11.8. The number of allylic oxidation sites excluding steroid dienone is 3. The van der Waals surface area contributed by atoms with Crippen molar-refractivity contribution in [2.45, 2.75) is 25.7 Å². The normalized spacial score (nSPS) is 23.1. The van der Waals surface area contributed by atoms with Gasteiger partial charge >= 0.3 is 6.01 Å². The van der Waals surface area contributed by atoms with Crippen LogP contribution in [0.1, 0.15) is 25.7 Å². The molecule has 0 radical (unpaired) electrons. The Labute approximate surface area is 194 Å². The van der Waals surface area contributed by atoms with Gasteiger partial charge in [0.15, 0.2) is 11.6 Å². The average molecular weight is 453 g/mol. The molecule has 0 bridgehead atoms. The van der Waals surface area contributed by atoms with Gasteiger partial charge < -0.3 is 25.4 Å². The van der Waals surface area contributed by atoms with Crippen LogP contribution >= 0.6 is 0 Å². The summed E-state index contributed by atoms with van der Waals surface area (Å²) in [6.07, 6.45) is 13.2. The Kier molecular flexibility index (Phi) is 6.59. The summed E-state index contributed by atoms with van der Waals surface area (Å²) in [4.78, 5) is 25.8. The van der Waals surface area contributed by atoms with Gasteiger partial charge in [-0.05, 0) is 44.3 Å². The smallest absolute Gasteiger partial charge is 0.320 e. The van der Waals surface area contributed by atoms with Crippen LogP contribution in [0.25, 0.3) is 0 Å². The second-order valence-corrected chi connectivity index (χ2v) is 9.19. The molecule has 0 spiro atoms. The number of ether oxygens (including phenoxy) is 2. The number of carbonyl (C=O) groups excluding carboxylic acids is 1. The Morgan fingerprint density at radius 1 is 1.24 bits per heavy atom. The summed E-state index contributed by atoms with van der Waals surface area (Å²) in [5.74, 6) is 1.03. The molecular formula is C24H32N6O3. The van der Waals surface area contributed by atoms with Crippen LogP contribution in [0.4, 0.5) is 17.3 Å². The molecule has 4 heterocycles. The third-order valence-electron chi connectivity index (χ3n) is 6.48. The molecule has 3 aliphatic heterocycles. The second kappa shape index (κ2) is 9.93. The van der Waals surface area contributed by atoms with Gasteiger partial charge in [0, 0.05) is 25.6 Å². The van der Waals surface area contributed by atoms with Crippen molar-refractivity contribution in [1.29, 1.82) is 0 Å². The lowest BCUT2D eigenvalue weighted by Gasteiger charge is -2.30. The van der Waals surface area contributed by atoms with E-state index in [0.29, 0.717) is 37.2 Å². The van der Waals surface area contributed by atoms with Gasteiger partial charge in [-0.2, -0.15) is 9.97 Å². The lowest BCUT2D eigenvalue weighted by atomic mass is 10.1. The number of carbonyl (C=O) groups is 1. The van der Waals surface area contributed by atoms with E-state index in [0.717, 1.165) is 31.6 Å². The molecule has 1 aromatic heterocycles. The number of amides is 1. The van der Waals surface area contributed by atoms with Gasteiger partial charge in [0.2, 0.25) is 5.91 Å². The van der Waals surface area contributed by atoms with Gasteiger partial charge in [-0.1, -0.05) is 29.9 Å². The highest BCUT2D eigenvalue weighted by Crippen LogP contribution is 2.34. The number of nitrogens with zero attached hydrogens (tertiary/aromatic N) is 4. The maximum absolute atomic E-state index is 12.4. The topological polar surface area (TPSA) is 106 Å². The summed E-state index contributed by atoms with van der Waals surface area (Å²) in [5, 5.41) is 2.83. The number of aromatic nitrogens is 2.